The van der Waals surface area contributed by atoms with Gasteiger partial charge in [-0.05, 0) is 19.1 Å². The molecule has 2 N–H and O–H groups in total. The van der Waals surface area contributed by atoms with Crippen LogP contribution in [-0.2, 0) is 0 Å². The van der Waals surface area contributed by atoms with Gasteiger partial charge in [-0.15, -0.1) is 0 Å². The molecule has 0 bridgehead atoms. The summed E-state index contributed by atoms with van der Waals surface area (Å²) >= 11 is 0. The van der Waals surface area contributed by atoms with E-state index in [1.165, 1.54) is 6.07 Å². The summed E-state index contributed by atoms with van der Waals surface area (Å²) in [6, 6.07) is 3.28. The van der Waals surface area contributed by atoms with Crippen LogP contribution in [0.1, 0.15) is 17.3 Å². The summed E-state index contributed by atoms with van der Waals surface area (Å²) in [5.41, 5.74) is 0.0863. The fourth-order valence-electron chi connectivity index (χ4n) is 0.953. The lowest BCUT2D eigenvalue weighted by Crippen LogP contribution is -2.22. The minimum absolute atomic E-state index is 0.0863. The van der Waals surface area contributed by atoms with Crippen LogP contribution in [0, 0.1) is 5.82 Å². The van der Waals surface area contributed by atoms with E-state index in [2.05, 4.69) is 5.32 Å². The highest BCUT2D eigenvalue weighted by Gasteiger charge is 2.09. The van der Waals surface area contributed by atoms with Crippen LogP contribution in [0.15, 0.2) is 18.2 Å². The van der Waals surface area contributed by atoms with E-state index in [4.69, 9.17) is 0 Å². The molecule has 0 atom stereocenters. The van der Waals surface area contributed by atoms with Crippen molar-refractivity contribution in [3.63, 3.8) is 0 Å². The van der Waals surface area contributed by atoms with E-state index in [-0.39, 0.29) is 11.3 Å². The molecule has 70 valence electrons. The van der Waals surface area contributed by atoms with Gasteiger partial charge in [0.2, 0.25) is 0 Å². The zero-order valence-electron chi connectivity index (χ0n) is 7.17. The van der Waals surface area contributed by atoms with Gasteiger partial charge in [0.25, 0.3) is 5.91 Å². The van der Waals surface area contributed by atoms with Gasteiger partial charge in [0.15, 0.2) is 0 Å². The van der Waals surface area contributed by atoms with Gasteiger partial charge >= 0.3 is 0 Å². The molecule has 0 unspecified atom stereocenters. The number of hydrogen-bond donors (Lipinski definition) is 2. The van der Waals surface area contributed by atoms with Crippen LogP contribution in [0.5, 0.6) is 5.75 Å². The van der Waals surface area contributed by atoms with Crippen molar-refractivity contribution < 1.29 is 14.3 Å². The lowest BCUT2D eigenvalue weighted by atomic mass is 10.2. The quantitative estimate of drug-likeness (QED) is 0.725. The minimum Gasteiger partial charge on any atom is -0.507 e. The Kier molecular flexibility index (Phi) is 2.84. The second-order valence-corrected chi connectivity index (χ2v) is 2.52. The third-order valence-electron chi connectivity index (χ3n) is 1.54. The Morgan fingerprint density at radius 3 is 2.85 bits per heavy atom. The van der Waals surface area contributed by atoms with Crippen molar-refractivity contribution in [1.82, 2.24) is 5.32 Å². The molecule has 3 nitrogen and oxygen atoms in total. The summed E-state index contributed by atoms with van der Waals surface area (Å²) in [4.78, 5) is 11.2. The summed E-state index contributed by atoms with van der Waals surface area (Å²) in [6.07, 6.45) is 0. The Labute approximate surface area is 75.2 Å². The van der Waals surface area contributed by atoms with E-state index >= 15 is 0 Å². The van der Waals surface area contributed by atoms with Gasteiger partial charge in [-0.3, -0.25) is 4.79 Å². The standard InChI is InChI=1S/C9H10FNO2/c1-2-11-9(13)7-4-3-6(10)5-8(7)12/h3-5,12H,2H2,1H3,(H,11,13). The predicted molar refractivity (Wildman–Crippen MR) is 46.1 cm³/mol. The molecule has 0 aliphatic heterocycles. The Morgan fingerprint density at radius 2 is 2.31 bits per heavy atom. The Morgan fingerprint density at radius 1 is 1.62 bits per heavy atom. The minimum atomic E-state index is -0.564. The van der Waals surface area contributed by atoms with Gasteiger partial charge in [0, 0.05) is 12.6 Å². The first-order valence-electron chi connectivity index (χ1n) is 3.92. The monoisotopic (exact) mass is 183 g/mol. The number of phenols is 1. The van der Waals surface area contributed by atoms with Gasteiger partial charge in [-0.1, -0.05) is 0 Å². The molecule has 0 spiro atoms. The summed E-state index contributed by atoms with van der Waals surface area (Å²) in [5, 5.41) is 11.7. The van der Waals surface area contributed by atoms with Crippen molar-refractivity contribution in [2.24, 2.45) is 0 Å². The van der Waals surface area contributed by atoms with Crippen molar-refractivity contribution in [2.45, 2.75) is 6.92 Å². The molecule has 0 aromatic heterocycles. The summed E-state index contributed by atoms with van der Waals surface area (Å²) in [6.45, 7) is 2.23. The van der Waals surface area contributed by atoms with Gasteiger partial charge in [0.1, 0.15) is 11.6 Å². The van der Waals surface area contributed by atoms with E-state index in [0.29, 0.717) is 6.54 Å². The van der Waals surface area contributed by atoms with E-state index < -0.39 is 11.7 Å². The highest BCUT2D eigenvalue weighted by atomic mass is 19.1. The maximum atomic E-state index is 12.5. The number of rotatable bonds is 2. The van der Waals surface area contributed by atoms with Gasteiger partial charge < -0.3 is 10.4 Å². The summed E-state index contributed by atoms with van der Waals surface area (Å²) in [7, 11) is 0. The highest BCUT2D eigenvalue weighted by molar-refractivity contribution is 5.96. The Bertz CT molecular complexity index is 325. The largest absolute Gasteiger partial charge is 0.507 e. The number of carbonyl (C=O) groups excluding carboxylic acids is 1. The van der Waals surface area contributed by atoms with Crippen molar-refractivity contribution in [1.29, 1.82) is 0 Å². The van der Waals surface area contributed by atoms with Crippen LogP contribution in [0.4, 0.5) is 4.39 Å². The molecule has 4 heteroatoms. The van der Waals surface area contributed by atoms with Crippen LogP contribution >= 0.6 is 0 Å². The fraction of sp³-hybridized carbons (Fsp3) is 0.222. The van der Waals surface area contributed by atoms with Crippen LogP contribution in [-0.4, -0.2) is 17.6 Å². The van der Waals surface area contributed by atoms with Crippen LogP contribution in [0.3, 0.4) is 0 Å². The molecule has 0 saturated carbocycles. The molecular weight excluding hydrogens is 173 g/mol. The number of carbonyl (C=O) groups is 1. The zero-order chi connectivity index (χ0) is 9.84. The molecular formula is C9H10FNO2. The lowest BCUT2D eigenvalue weighted by molar-refractivity contribution is 0.0953. The van der Waals surface area contributed by atoms with Crippen LogP contribution in [0.2, 0.25) is 0 Å². The zero-order valence-corrected chi connectivity index (χ0v) is 7.17. The number of nitrogens with one attached hydrogen (secondary N) is 1. The molecule has 13 heavy (non-hydrogen) atoms. The lowest BCUT2D eigenvalue weighted by Gasteiger charge is -2.03. The van der Waals surface area contributed by atoms with Gasteiger partial charge in [-0.2, -0.15) is 0 Å². The van der Waals surface area contributed by atoms with E-state index in [1.807, 2.05) is 0 Å². The first kappa shape index (κ1) is 9.51. The molecule has 0 saturated heterocycles. The average molecular weight is 183 g/mol. The topological polar surface area (TPSA) is 49.3 Å². The van der Waals surface area contributed by atoms with Gasteiger partial charge in [-0.25, -0.2) is 4.39 Å². The second kappa shape index (κ2) is 3.89. The smallest absolute Gasteiger partial charge is 0.255 e. The van der Waals surface area contributed by atoms with Crippen molar-refractivity contribution in [3.05, 3.63) is 29.6 Å². The molecule has 1 aromatic carbocycles. The number of hydrogen-bond acceptors (Lipinski definition) is 2. The molecule has 1 rings (SSSR count). The number of benzene rings is 1. The van der Waals surface area contributed by atoms with Crippen LogP contribution < -0.4 is 5.32 Å². The normalized spacial score (nSPS) is 9.69. The van der Waals surface area contributed by atoms with Crippen molar-refractivity contribution in [2.75, 3.05) is 6.54 Å². The summed E-state index contributed by atoms with van der Waals surface area (Å²) in [5.74, 6) is -1.31. The predicted octanol–water partition coefficient (Wildman–Crippen LogP) is 1.28. The fourth-order valence-corrected chi connectivity index (χ4v) is 0.953. The first-order valence-corrected chi connectivity index (χ1v) is 3.92. The number of amides is 1. The number of halogens is 1. The second-order valence-electron chi connectivity index (χ2n) is 2.52. The molecule has 1 aromatic rings. The molecule has 0 aliphatic rings. The van der Waals surface area contributed by atoms with Crippen molar-refractivity contribution >= 4 is 5.91 Å². The first-order chi connectivity index (χ1) is 6.15. The molecule has 0 radical (unpaired) electrons. The molecule has 0 heterocycles. The molecule has 0 aliphatic carbocycles. The van der Waals surface area contributed by atoms with E-state index in [1.54, 1.807) is 6.92 Å². The number of aromatic hydroxyl groups is 1. The summed E-state index contributed by atoms with van der Waals surface area (Å²) < 4.78 is 12.5. The number of phenolic OH excluding ortho intramolecular Hbond substituents is 1. The van der Waals surface area contributed by atoms with Crippen molar-refractivity contribution in [3.8, 4) is 5.75 Å². The Hall–Kier alpha value is -1.58. The van der Waals surface area contributed by atoms with Gasteiger partial charge in [0.05, 0.1) is 5.56 Å². The average Bonchev–Trinajstić information content (AvgIpc) is 2.04. The maximum Gasteiger partial charge on any atom is 0.255 e. The SMILES string of the molecule is CCNC(=O)c1ccc(F)cc1O. The van der Waals surface area contributed by atoms with E-state index in [0.717, 1.165) is 12.1 Å². The van der Waals surface area contributed by atoms with Crippen LogP contribution in [0.25, 0.3) is 0 Å². The van der Waals surface area contributed by atoms with E-state index in [9.17, 15) is 14.3 Å². The Balaban J connectivity index is 2.95. The third kappa shape index (κ3) is 2.18. The highest BCUT2D eigenvalue weighted by Crippen LogP contribution is 2.17. The molecule has 1 amide bonds. The molecule has 0 fully saturated rings. The maximum absolute atomic E-state index is 12.5. The third-order valence-corrected chi connectivity index (χ3v) is 1.54.